The monoisotopic (exact) mass is 533 g/mol. The maximum atomic E-state index is 12.3. The van der Waals surface area contributed by atoms with Crippen LogP contribution in [0.15, 0.2) is 0 Å². The summed E-state index contributed by atoms with van der Waals surface area (Å²) in [5.41, 5.74) is 4.33. The molecule has 0 radical (unpaired) electrons. The summed E-state index contributed by atoms with van der Waals surface area (Å²) in [5.74, 6) is -5.52. The number of amides is 3. The lowest BCUT2D eigenvalue weighted by Gasteiger charge is -2.25. The van der Waals surface area contributed by atoms with Crippen LogP contribution in [0.25, 0.3) is 0 Å². The van der Waals surface area contributed by atoms with Gasteiger partial charge in [0.2, 0.25) is 17.7 Å². The van der Waals surface area contributed by atoms with E-state index in [1.807, 2.05) is 0 Å². The molecular formula is C20H34F3N3O10. The molecule has 16 heteroatoms. The minimum absolute atomic E-state index is 0.205. The van der Waals surface area contributed by atoms with Crippen molar-refractivity contribution in [2.24, 2.45) is 5.73 Å². The van der Waals surface area contributed by atoms with Gasteiger partial charge in [-0.25, -0.2) is 9.59 Å². The zero-order chi connectivity index (χ0) is 28.5. The number of hydrogen-bond donors (Lipinski definition) is 4. The average Bonchev–Trinajstić information content (AvgIpc) is 2.70. The van der Waals surface area contributed by atoms with Crippen molar-refractivity contribution in [2.45, 2.75) is 58.0 Å². The first-order valence-electron chi connectivity index (χ1n) is 10.5. The molecule has 0 rings (SSSR count). The van der Waals surface area contributed by atoms with Gasteiger partial charge in [-0.2, -0.15) is 13.2 Å². The Hall–Kier alpha value is -2.98. The van der Waals surface area contributed by atoms with Crippen LogP contribution in [0, 0.1) is 0 Å². The largest absolute Gasteiger partial charge is 0.490 e. The van der Waals surface area contributed by atoms with Crippen LogP contribution in [0.1, 0.15) is 34.1 Å². The molecule has 36 heavy (non-hydrogen) atoms. The van der Waals surface area contributed by atoms with Crippen LogP contribution < -0.4 is 16.4 Å². The molecule has 2 unspecified atom stereocenters. The highest BCUT2D eigenvalue weighted by Crippen LogP contribution is 2.13. The molecule has 2 atom stereocenters. The smallest absolute Gasteiger partial charge is 0.475 e. The van der Waals surface area contributed by atoms with Crippen molar-refractivity contribution in [3.05, 3.63) is 0 Å². The predicted octanol–water partition coefficient (Wildman–Crippen LogP) is -0.494. The van der Waals surface area contributed by atoms with Gasteiger partial charge in [0.1, 0.15) is 24.3 Å². The van der Waals surface area contributed by atoms with E-state index in [1.54, 1.807) is 27.9 Å². The van der Waals surface area contributed by atoms with Crippen molar-refractivity contribution in [3.63, 3.8) is 0 Å². The van der Waals surface area contributed by atoms with E-state index in [9.17, 15) is 32.3 Å². The average molecular weight is 533 g/mol. The number of esters is 1. The number of nitrogens with two attached hydrogens (primary N) is 1. The van der Waals surface area contributed by atoms with Crippen molar-refractivity contribution in [1.82, 2.24) is 10.6 Å². The molecule has 0 aromatic heterocycles. The van der Waals surface area contributed by atoms with Gasteiger partial charge in [-0.05, 0) is 27.7 Å². The maximum Gasteiger partial charge on any atom is 0.490 e. The molecular weight excluding hydrogens is 499 g/mol. The van der Waals surface area contributed by atoms with E-state index in [2.05, 4.69) is 10.6 Å². The first-order valence-corrected chi connectivity index (χ1v) is 10.5. The number of halogens is 3. The van der Waals surface area contributed by atoms with Crippen LogP contribution in [0.2, 0.25) is 0 Å². The lowest BCUT2D eigenvalue weighted by Crippen LogP contribution is -2.52. The quantitative estimate of drug-likeness (QED) is 0.167. The summed E-state index contributed by atoms with van der Waals surface area (Å²) in [7, 11) is 1.56. The number of primary amides is 1. The fraction of sp³-hybridized carbons (Fsp3) is 0.750. The number of carbonyl (C=O) groups is 5. The number of rotatable bonds is 14. The van der Waals surface area contributed by atoms with E-state index in [0.717, 1.165) is 0 Å². The number of carboxylic acid groups (broad SMARTS) is 1. The van der Waals surface area contributed by atoms with Gasteiger partial charge < -0.3 is 40.4 Å². The van der Waals surface area contributed by atoms with Gasteiger partial charge in [0.05, 0.1) is 32.8 Å². The fourth-order valence-electron chi connectivity index (χ4n) is 1.94. The van der Waals surface area contributed by atoms with Crippen molar-refractivity contribution in [2.75, 3.05) is 40.1 Å². The molecule has 0 bridgehead atoms. The highest BCUT2D eigenvalue weighted by atomic mass is 19.4. The number of carboxylic acids is 1. The number of nitrogens with one attached hydrogen (secondary N) is 2. The Balaban J connectivity index is 0. The van der Waals surface area contributed by atoms with Crippen molar-refractivity contribution in [3.8, 4) is 0 Å². The highest BCUT2D eigenvalue weighted by molar-refractivity contribution is 5.92. The molecule has 210 valence electrons. The Bertz CT molecular complexity index is 727. The van der Waals surface area contributed by atoms with E-state index in [4.69, 9.17) is 34.6 Å². The maximum absolute atomic E-state index is 12.3. The molecule has 0 aliphatic carbocycles. The number of carbonyl (C=O) groups excluding carboxylic acids is 4. The molecule has 0 spiro atoms. The molecule has 0 fully saturated rings. The standard InChI is InChI=1S/C18H33N3O8.C2HF3O2/c1-12(20-15(23)11-28-9-8-27-7-6-26-5)16(24)21-13(10-14(19)22)17(25)29-18(2,3)4;3-2(4,5)1(6)7/h12-13H,6-11H2,1-5H3,(H2,19,22)(H,20,23)(H,21,24);(H,6,7). The minimum atomic E-state index is -5.08. The third-order valence-electron chi connectivity index (χ3n) is 3.46. The number of methoxy groups -OCH3 is 1. The van der Waals surface area contributed by atoms with Gasteiger partial charge in [0.25, 0.3) is 0 Å². The lowest BCUT2D eigenvalue weighted by molar-refractivity contribution is -0.192. The molecule has 3 amide bonds. The second kappa shape index (κ2) is 17.4. The normalized spacial score (nSPS) is 12.9. The predicted molar refractivity (Wildman–Crippen MR) is 116 cm³/mol. The highest BCUT2D eigenvalue weighted by Gasteiger charge is 2.38. The SMILES string of the molecule is COCCOCCOCC(=O)NC(C)C(=O)NC(CC(N)=O)C(=O)OC(C)(C)C.O=C(O)C(F)(F)F. The van der Waals surface area contributed by atoms with Gasteiger partial charge in [-0.1, -0.05) is 0 Å². The Kier molecular flexibility index (Phi) is 17.1. The zero-order valence-corrected chi connectivity index (χ0v) is 20.7. The molecule has 0 saturated heterocycles. The molecule has 0 aromatic carbocycles. The van der Waals surface area contributed by atoms with Crippen molar-refractivity contribution >= 4 is 29.7 Å². The topological polar surface area (TPSA) is 193 Å². The summed E-state index contributed by atoms with van der Waals surface area (Å²) < 4.78 is 52.0. The first kappa shape index (κ1) is 35.2. The van der Waals surface area contributed by atoms with E-state index in [-0.39, 0.29) is 13.2 Å². The Labute approximate surface area is 206 Å². The van der Waals surface area contributed by atoms with Gasteiger partial charge in [-0.15, -0.1) is 0 Å². The molecule has 0 aliphatic rings. The van der Waals surface area contributed by atoms with E-state index in [0.29, 0.717) is 19.8 Å². The van der Waals surface area contributed by atoms with Crippen molar-refractivity contribution < 1.29 is 61.2 Å². The third kappa shape index (κ3) is 20.4. The Morgan fingerprint density at radius 2 is 1.44 bits per heavy atom. The van der Waals surface area contributed by atoms with Crippen LogP contribution >= 0.6 is 0 Å². The summed E-state index contributed by atoms with van der Waals surface area (Å²) in [5, 5.41) is 11.9. The number of alkyl halides is 3. The molecule has 0 saturated carbocycles. The summed E-state index contributed by atoms with van der Waals surface area (Å²) in [6.07, 6.45) is -5.51. The van der Waals surface area contributed by atoms with Crippen molar-refractivity contribution in [1.29, 1.82) is 0 Å². The summed E-state index contributed by atoms with van der Waals surface area (Å²) in [4.78, 5) is 56.4. The van der Waals surface area contributed by atoms with Crippen LogP contribution in [0.5, 0.6) is 0 Å². The fourth-order valence-corrected chi connectivity index (χ4v) is 1.94. The van der Waals surface area contributed by atoms with Crippen LogP contribution in [-0.4, -0.2) is 98.8 Å². The number of hydrogen-bond acceptors (Lipinski definition) is 9. The molecule has 13 nitrogen and oxygen atoms in total. The summed E-state index contributed by atoms with van der Waals surface area (Å²) in [6.45, 7) is 7.52. The molecule has 0 heterocycles. The van der Waals surface area contributed by atoms with Crippen LogP contribution in [0.4, 0.5) is 13.2 Å². The van der Waals surface area contributed by atoms with E-state index >= 15 is 0 Å². The van der Waals surface area contributed by atoms with Gasteiger partial charge in [0, 0.05) is 7.11 Å². The second-order valence-electron chi connectivity index (χ2n) is 8.01. The van der Waals surface area contributed by atoms with E-state index < -0.39 is 59.9 Å². The first-order chi connectivity index (χ1) is 16.4. The van der Waals surface area contributed by atoms with Gasteiger partial charge in [-0.3, -0.25) is 14.4 Å². The minimum Gasteiger partial charge on any atom is -0.475 e. The third-order valence-corrected chi connectivity index (χ3v) is 3.46. The second-order valence-corrected chi connectivity index (χ2v) is 8.01. The zero-order valence-electron chi connectivity index (χ0n) is 20.7. The Morgan fingerprint density at radius 3 is 1.89 bits per heavy atom. The molecule has 5 N–H and O–H groups in total. The summed E-state index contributed by atoms with van der Waals surface area (Å²) in [6, 6.07) is -2.22. The Morgan fingerprint density at radius 1 is 0.944 bits per heavy atom. The van der Waals surface area contributed by atoms with Crippen LogP contribution in [0.3, 0.4) is 0 Å². The number of ether oxygens (including phenoxy) is 4. The number of aliphatic carboxylic acids is 1. The van der Waals surface area contributed by atoms with Crippen LogP contribution in [-0.2, 0) is 42.9 Å². The van der Waals surface area contributed by atoms with E-state index in [1.165, 1.54) is 6.92 Å². The summed E-state index contributed by atoms with van der Waals surface area (Å²) >= 11 is 0. The van der Waals surface area contributed by atoms with Gasteiger partial charge >= 0.3 is 18.1 Å². The van der Waals surface area contributed by atoms with Gasteiger partial charge in [0.15, 0.2) is 0 Å². The molecule has 0 aliphatic heterocycles. The lowest BCUT2D eigenvalue weighted by atomic mass is 10.1. The molecule has 0 aromatic rings.